The largest absolute Gasteiger partial charge is 0.478 e. The van der Waals surface area contributed by atoms with E-state index < -0.39 is 11.9 Å². The lowest BCUT2D eigenvalue weighted by Gasteiger charge is -2.10. The van der Waals surface area contributed by atoms with Gasteiger partial charge < -0.3 is 10.2 Å². The molecule has 1 unspecified atom stereocenters. The Bertz CT molecular complexity index is 460. The van der Waals surface area contributed by atoms with Crippen molar-refractivity contribution in [3.05, 3.63) is 60.2 Å². The number of carbonyl (C=O) groups is 2. The standard InChI is InChI=1S/C14H14O4/c15-13(16)8-4-7-12(9-10-14(17)18)11-5-2-1-3-6-11/h1-6,8-10,12H,7H2,(H,15,16)(H,17,18). The topological polar surface area (TPSA) is 74.6 Å². The molecule has 4 heteroatoms. The van der Waals surface area contributed by atoms with Crippen molar-refractivity contribution < 1.29 is 19.8 Å². The Morgan fingerprint density at radius 1 is 1.06 bits per heavy atom. The molecule has 0 bridgehead atoms. The second kappa shape index (κ2) is 7.06. The molecule has 18 heavy (non-hydrogen) atoms. The predicted molar refractivity (Wildman–Crippen MR) is 67.4 cm³/mol. The second-order valence-electron chi connectivity index (χ2n) is 3.69. The van der Waals surface area contributed by atoms with Gasteiger partial charge in [0.05, 0.1) is 0 Å². The highest BCUT2D eigenvalue weighted by Gasteiger charge is 2.06. The summed E-state index contributed by atoms with van der Waals surface area (Å²) >= 11 is 0. The molecule has 0 saturated heterocycles. The molecule has 2 N–H and O–H groups in total. The first-order chi connectivity index (χ1) is 8.59. The molecule has 0 saturated carbocycles. The first kappa shape index (κ1) is 13.7. The van der Waals surface area contributed by atoms with E-state index in [-0.39, 0.29) is 5.92 Å². The summed E-state index contributed by atoms with van der Waals surface area (Å²) in [6.45, 7) is 0. The molecule has 0 fully saturated rings. The Kier molecular flexibility index (Phi) is 5.38. The van der Waals surface area contributed by atoms with Gasteiger partial charge in [-0.2, -0.15) is 0 Å². The first-order valence-electron chi connectivity index (χ1n) is 5.45. The summed E-state index contributed by atoms with van der Waals surface area (Å²) in [4.78, 5) is 20.9. The van der Waals surface area contributed by atoms with E-state index in [0.717, 1.165) is 17.7 Å². The van der Waals surface area contributed by atoms with Crippen LogP contribution in [-0.4, -0.2) is 22.2 Å². The maximum absolute atomic E-state index is 10.5. The third kappa shape index (κ3) is 5.12. The molecule has 0 aliphatic carbocycles. The van der Waals surface area contributed by atoms with Gasteiger partial charge in [0.25, 0.3) is 0 Å². The van der Waals surface area contributed by atoms with E-state index in [2.05, 4.69) is 0 Å². The summed E-state index contributed by atoms with van der Waals surface area (Å²) < 4.78 is 0. The monoisotopic (exact) mass is 246 g/mol. The highest BCUT2D eigenvalue weighted by molar-refractivity contribution is 5.80. The highest BCUT2D eigenvalue weighted by Crippen LogP contribution is 2.21. The predicted octanol–water partition coefficient (Wildman–Crippen LogP) is 2.44. The molecule has 0 aliphatic heterocycles. The van der Waals surface area contributed by atoms with Crippen LogP contribution < -0.4 is 0 Å². The van der Waals surface area contributed by atoms with Crippen molar-refractivity contribution in [1.82, 2.24) is 0 Å². The van der Waals surface area contributed by atoms with Crippen LogP contribution in [0.5, 0.6) is 0 Å². The number of aliphatic carboxylic acids is 2. The number of rotatable bonds is 6. The zero-order valence-electron chi connectivity index (χ0n) is 9.69. The molecule has 1 atom stereocenters. The molecule has 0 radical (unpaired) electrons. The molecule has 0 heterocycles. The van der Waals surface area contributed by atoms with Gasteiger partial charge in [0.15, 0.2) is 0 Å². The van der Waals surface area contributed by atoms with Crippen LogP contribution in [0.15, 0.2) is 54.6 Å². The first-order valence-corrected chi connectivity index (χ1v) is 5.45. The molecule has 0 amide bonds. The summed E-state index contributed by atoms with van der Waals surface area (Å²) in [6.07, 6.45) is 5.66. The van der Waals surface area contributed by atoms with Crippen molar-refractivity contribution in [2.24, 2.45) is 0 Å². The molecule has 94 valence electrons. The van der Waals surface area contributed by atoms with Crippen LogP contribution in [0.3, 0.4) is 0 Å². The molecule has 0 aromatic heterocycles. The number of carboxylic acid groups (broad SMARTS) is 2. The Labute approximate surface area is 105 Å². The van der Waals surface area contributed by atoms with Crippen molar-refractivity contribution in [1.29, 1.82) is 0 Å². The van der Waals surface area contributed by atoms with Crippen LogP contribution in [0.4, 0.5) is 0 Å². The summed E-state index contributed by atoms with van der Waals surface area (Å²) in [5.41, 5.74) is 0.949. The zero-order valence-corrected chi connectivity index (χ0v) is 9.69. The van der Waals surface area contributed by atoms with Crippen LogP contribution in [0.1, 0.15) is 17.9 Å². The average molecular weight is 246 g/mol. The lowest BCUT2D eigenvalue weighted by molar-refractivity contribution is -0.132. The number of allylic oxidation sites excluding steroid dienone is 2. The summed E-state index contributed by atoms with van der Waals surface area (Å²) in [6, 6.07) is 9.35. The van der Waals surface area contributed by atoms with Gasteiger partial charge in [-0.25, -0.2) is 9.59 Å². The van der Waals surface area contributed by atoms with Gasteiger partial charge in [0.1, 0.15) is 0 Å². The minimum Gasteiger partial charge on any atom is -0.478 e. The van der Waals surface area contributed by atoms with Crippen LogP contribution in [0, 0.1) is 0 Å². The number of benzene rings is 1. The van der Waals surface area contributed by atoms with Gasteiger partial charge in [-0.3, -0.25) is 0 Å². The van der Waals surface area contributed by atoms with Crippen LogP contribution in [0.2, 0.25) is 0 Å². The number of hydrogen-bond acceptors (Lipinski definition) is 2. The fourth-order valence-corrected chi connectivity index (χ4v) is 1.54. The molecule has 1 rings (SSSR count). The second-order valence-corrected chi connectivity index (χ2v) is 3.69. The summed E-state index contributed by atoms with van der Waals surface area (Å²) in [5.74, 6) is -2.17. The van der Waals surface area contributed by atoms with Crippen LogP contribution in [-0.2, 0) is 9.59 Å². The Morgan fingerprint density at radius 2 is 1.67 bits per heavy atom. The van der Waals surface area contributed by atoms with Crippen molar-refractivity contribution >= 4 is 11.9 Å². The fraction of sp³-hybridized carbons (Fsp3) is 0.143. The van der Waals surface area contributed by atoms with Gasteiger partial charge in [-0.15, -0.1) is 0 Å². The molecular weight excluding hydrogens is 232 g/mol. The molecule has 1 aromatic carbocycles. The molecule has 4 nitrogen and oxygen atoms in total. The van der Waals surface area contributed by atoms with Crippen molar-refractivity contribution in [3.8, 4) is 0 Å². The van der Waals surface area contributed by atoms with Crippen molar-refractivity contribution in [2.45, 2.75) is 12.3 Å². The van der Waals surface area contributed by atoms with E-state index >= 15 is 0 Å². The van der Waals surface area contributed by atoms with E-state index in [1.807, 2.05) is 30.3 Å². The van der Waals surface area contributed by atoms with E-state index in [0.29, 0.717) is 6.42 Å². The minimum atomic E-state index is -1.02. The Morgan fingerprint density at radius 3 is 2.22 bits per heavy atom. The highest BCUT2D eigenvalue weighted by atomic mass is 16.4. The van der Waals surface area contributed by atoms with Crippen molar-refractivity contribution in [3.63, 3.8) is 0 Å². The maximum Gasteiger partial charge on any atom is 0.327 e. The molecule has 1 aromatic rings. The van der Waals surface area contributed by atoms with Crippen LogP contribution >= 0.6 is 0 Å². The third-order valence-electron chi connectivity index (χ3n) is 2.35. The van der Waals surface area contributed by atoms with Gasteiger partial charge in [-0.1, -0.05) is 42.5 Å². The van der Waals surface area contributed by atoms with Gasteiger partial charge in [0.2, 0.25) is 0 Å². The summed E-state index contributed by atoms with van der Waals surface area (Å²) in [7, 11) is 0. The van der Waals surface area contributed by atoms with Gasteiger partial charge in [-0.05, 0) is 12.0 Å². The fourth-order valence-electron chi connectivity index (χ4n) is 1.54. The van der Waals surface area contributed by atoms with Crippen molar-refractivity contribution in [2.75, 3.05) is 0 Å². The molecular formula is C14H14O4. The molecule has 0 aliphatic rings. The summed E-state index contributed by atoms with van der Waals surface area (Å²) in [5, 5.41) is 17.1. The Hall–Kier alpha value is -2.36. The van der Waals surface area contributed by atoms with Gasteiger partial charge >= 0.3 is 11.9 Å². The third-order valence-corrected chi connectivity index (χ3v) is 2.35. The smallest absolute Gasteiger partial charge is 0.327 e. The van der Waals surface area contributed by atoms with E-state index in [9.17, 15) is 9.59 Å². The Balaban J connectivity index is 2.82. The average Bonchev–Trinajstić information content (AvgIpc) is 2.34. The molecule has 0 spiro atoms. The van der Waals surface area contributed by atoms with E-state index in [1.54, 1.807) is 6.08 Å². The van der Waals surface area contributed by atoms with E-state index in [1.165, 1.54) is 6.08 Å². The normalized spacial score (nSPS) is 12.9. The zero-order chi connectivity index (χ0) is 13.4. The van der Waals surface area contributed by atoms with E-state index in [4.69, 9.17) is 10.2 Å². The lowest BCUT2D eigenvalue weighted by atomic mass is 9.95. The lowest BCUT2D eigenvalue weighted by Crippen LogP contribution is -1.96. The number of hydrogen-bond donors (Lipinski definition) is 2. The SMILES string of the molecule is O=C(O)C=CCC(C=CC(=O)O)c1ccccc1. The van der Waals surface area contributed by atoms with Gasteiger partial charge in [0, 0.05) is 18.1 Å². The number of carboxylic acids is 2. The quantitative estimate of drug-likeness (QED) is 0.756. The maximum atomic E-state index is 10.5. The van der Waals surface area contributed by atoms with Crippen LogP contribution in [0.25, 0.3) is 0 Å². The minimum absolute atomic E-state index is 0.141.